The van der Waals surface area contributed by atoms with Crippen LogP contribution in [-0.4, -0.2) is 48.2 Å². The van der Waals surface area contributed by atoms with Crippen LogP contribution >= 0.6 is 0 Å². The molecule has 1 spiro atoms. The minimum absolute atomic E-state index is 0.00308. The number of Topliss-reactive ketones (excluding diaryl/α,β-unsaturated/α-hetero) is 1. The number of aliphatic hydroxyl groups is 2. The molecule has 4 aliphatic carbocycles. The van der Waals surface area contributed by atoms with Crippen molar-refractivity contribution >= 4 is 14.1 Å². The van der Waals surface area contributed by atoms with Gasteiger partial charge in [0.25, 0.3) is 0 Å². The Hall–Kier alpha value is -1.21. The highest BCUT2D eigenvalue weighted by Crippen LogP contribution is 2.75. The summed E-state index contributed by atoms with van der Waals surface area (Å²) in [5, 5.41) is 21.5. The average Bonchev–Trinajstić information content (AvgIpc) is 3.42. The third kappa shape index (κ3) is 2.74. The highest BCUT2D eigenvalue weighted by atomic mass is 28.4. The second kappa shape index (κ2) is 6.96. The molecule has 0 radical (unpaired) electrons. The molecular formula is C28H42O5Si. The lowest BCUT2D eigenvalue weighted by Gasteiger charge is -2.54. The van der Waals surface area contributed by atoms with Gasteiger partial charge in [0.15, 0.2) is 5.78 Å². The van der Waals surface area contributed by atoms with Crippen molar-refractivity contribution in [3.8, 4) is 0 Å². The number of ketones is 1. The SMILES string of the molecule is C[C@H]1C[C@H]2[C@@H]3CC=C4C=C(O[Si](C)(C)C(C)(C)C)C=C[C@]4(C)[C@@]34O[C@H]4C[C@]2(C)[C@@]1(O)C(=O)CO. The first kappa shape index (κ1) is 24.5. The molecule has 6 heteroatoms. The zero-order chi connectivity index (χ0) is 25.1. The zero-order valence-electron chi connectivity index (χ0n) is 22.1. The first-order valence-electron chi connectivity index (χ1n) is 12.9. The summed E-state index contributed by atoms with van der Waals surface area (Å²) in [6, 6.07) is 0. The molecule has 0 aromatic carbocycles. The topological polar surface area (TPSA) is 79.3 Å². The lowest BCUT2D eigenvalue weighted by molar-refractivity contribution is -0.165. The van der Waals surface area contributed by atoms with Crippen LogP contribution in [0.4, 0.5) is 0 Å². The van der Waals surface area contributed by atoms with Gasteiger partial charge in [-0.1, -0.05) is 46.8 Å². The van der Waals surface area contributed by atoms with Crippen molar-refractivity contribution in [2.75, 3.05) is 6.61 Å². The minimum atomic E-state index is -1.94. The van der Waals surface area contributed by atoms with Gasteiger partial charge in [-0.3, -0.25) is 4.79 Å². The molecular weight excluding hydrogens is 444 g/mol. The fourth-order valence-corrected chi connectivity index (χ4v) is 8.98. The van der Waals surface area contributed by atoms with E-state index >= 15 is 0 Å². The monoisotopic (exact) mass is 486 g/mol. The quantitative estimate of drug-likeness (QED) is 0.436. The van der Waals surface area contributed by atoms with Crippen molar-refractivity contribution in [2.45, 2.75) is 96.2 Å². The number of epoxide rings is 1. The third-order valence-electron chi connectivity index (χ3n) is 11.0. The van der Waals surface area contributed by atoms with Gasteiger partial charge in [0.05, 0.1) is 6.10 Å². The maximum Gasteiger partial charge on any atom is 0.250 e. The Morgan fingerprint density at radius 3 is 2.56 bits per heavy atom. The van der Waals surface area contributed by atoms with Gasteiger partial charge < -0.3 is 19.4 Å². The van der Waals surface area contributed by atoms with Gasteiger partial charge in [0.1, 0.15) is 23.6 Å². The average molecular weight is 487 g/mol. The maximum absolute atomic E-state index is 12.8. The highest BCUT2D eigenvalue weighted by Gasteiger charge is 2.81. The van der Waals surface area contributed by atoms with Crippen LogP contribution < -0.4 is 0 Å². The largest absolute Gasteiger partial charge is 0.544 e. The van der Waals surface area contributed by atoms with Crippen LogP contribution in [0.2, 0.25) is 18.1 Å². The Balaban J connectivity index is 1.50. The van der Waals surface area contributed by atoms with Crippen LogP contribution in [0.5, 0.6) is 0 Å². The molecule has 0 aromatic heterocycles. The summed E-state index contributed by atoms with van der Waals surface area (Å²) < 4.78 is 13.3. The summed E-state index contributed by atoms with van der Waals surface area (Å²) in [6.45, 7) is 17.0. The molecule has 8 atom stereocenters. The highest BCUT2D eigenvalue weighted by molar-refractivity contribution is 6.74. The Morgan fingerprint density at radius 1 is 1.26 bits per heavy atom. The van der Waals surface area contributed by atoms with Crippen molar-refractivity contribution in [1.29, 1.82) is 0 Å². The van der Waals surface area contributed by atoms with E-state index in [9.17, 15) is 15.0 Å². The summed E-state index contributed by atoms with van der Waals surface area (Å²) in [7, 11) is -1.94. The van der Waals surface area contributed by atoms with Crippen molar-refractivity contribution in [3.05, 3.63) is 35.6 Å². The number of aliphatic hydroxyl groups excluding tert-OH is 1. The van der Waals surface area contributed by atoms with Gasteiger partial charge in [0, 0.05) is 10.8 Å². The molecule has 0 unspecified atom stereocenters. The van der Waals surface area contributed by atoms with Gasteiger partial charge in [-0.25, -0.2) is 0 Å². The molecule has 3 fully saturated rings. The van der Waals surface area contributed by atoms with E-state index in [1.54, 1.807) is 0 Å². The Labute approximate surface area is 205 Å². The van der Waals surface area contributed by atoms with Crippen LogP contribution in [0.25, 0.3) is 0 Å². The molecule has 1 saturated heterocycles. The fourth-order valence-electron chi connectivity index (χ4n) is 7.96. The van der Waals surface area contributed by atoms with Crippen molar-refractivity contribution in [1.82, 2.24) is 0 Å². The Kier molecular flexibility index (Phi) is 5.01. The van der Waals surface area contributed by atoms with E-state index in [-0.39, 0.29) is 39.9 Å². The Bertz CT molecular complexity index is 1020. The zero-order valence-corrected chi connectivity index (χ0v) is 23.1. The molecule has 1 heterocycles. The minimum Gasteiger partial charge on any atom is -0.544 e. The molecule has 34 heavy (non-hydrogen) atoms. The van der Waals surface area contributed by atoms with Crippen molar-refractivity contribution in [2.24, 2.45) is 28.6 Å². The van der Waals surface area contributed by atoms with Gasteiger partial charge >= 0.3 is 0 Å². The maximum atomic E-state index is 12.8. The van der Waals surface area contributed by atoms with E-state index in [0.29, 0.717) is 6.42 Å². The van der Waals surface area contributed by atoms with Crippen LogP contribution in [0.3, 0.4) is 0 Å². The number of rotatable bonds is 4. The van der Waals surface area contributed by atoms with Crippen molar-refractivity contribution < 1.29 is 24.2 Å². The molecule has 0 amide bonds. The van der Waals surface area contributed by atoms with Crippen LogP contribution in [-0.2, 0) is 14.0 Å². The summed E-state index contributed by atoms with van der Waals surface area (Å²) >= 11 is 0. The standard InChI is InChI=1S/C28H42O5Si/c1-17-13-21-20-10-9-18-14-19(33-34(7,8)24(2,3)4)11-12-25(18,5)28(20)23(32-28)15-26(21,6)27(17,31)22(30)16-29/h9,11-12,14,17,20-21,23,29,31H,10,13,15-16H2,1-8H3/t17-,20-,21-,23-,25-,26-,27-,28+/m0/s1. The molecule has 188 valence electrons. The lowest BCUT2D eigenvalue weighted by atomic mass is 9.48. The summed E-state index contributed by atoms with van der Waals surface area (Å²) in [5.41, 5.74) is -1.38. The third-order valence-corrected chi connectivity index (χ3v) is 15.4. The molecule has 0 bridgehead atoms. The number of fused-ring (bicyclic) bond motifs is 3. The number of carbonyl (C=O) groups is 1. The van der Waals surface area contributed by atoms with Gasteiger partial charge in [-0.2, -0.15) is 0 Å². The van der Waals surface area contributed by atoms with E-state index in [0.717, 1.165) is 18.6 Å². The van der Waals surface area contributed by atoms with Gasteiger partial charge in [-0.15, -0.1) is 0 Å². The smallest absolute Gasteiger partial charge is 0.250 e. The number of ether oxygens (including phenoxy) is 1. The second-order valence-corrected chi connectivity index (χ2v) is 18.3. The van der Waals surface area contributed by atoms with Gasteiger partial charge in [0.2, 0.25) is 8.32 Å². The van der Waals surface area contributed by atoms with E-state index in [4.69, 9.17) is 9.16 Å². The lowest BCUT2D eigenvalue weighted by Crippen LogP contribution is -2.62. The molecule has 5 aliphatic rings. The molecule has 1 aliphatic heterocycles. The van der Waals surface area contributed by atoms with Crippen LogP contribution in [0, 0.1) is 28.6 Å². The van der Waals surface area contributed by atoms with E-state index < -0.39 is 31.7 Å². The van der Waals surface area contributed by atoms with Crippen LogP contribution in [0.1, 0.15) is 60.8 Å². The first-order chi connectivity index (χ1) is 15.6. The van der Waals surface area contributed by atoms with Crippen molar-refractivity contribution in [3.63, 3.8) is 0 Å². The predicted molar refractivity (Wildman–Crippen MR) is 134 cm³/mol. The first-order valence-corrected chi connectivity index (χ1v) is 15.8. The second-order valence-electron chi connectivity index (χ2n) is 13.6. The number of hydrogen-bond acceptors (Lipinski definition) is 5. The van der Waals surface area contributed by atoms with Crippen LogP contribution in [0.15, 0.2) is 35.6 Å². The number of carbonyl (C=O) groups excluding carboxylic acids is 1. The predicted octanol–water partition coefficient (Wildman–Crippen LogP) is 4.91. The summed E-state index contributed by atoms with van der Waals surface area (Å²) in [6.07, 6.45) is 11.3. The molecule has 0 aromatic rings. The van der Waals surface area contributed by atoms with E-state index in [2.05, 4.69) is 72.0 Å². The molecule has 2 N–H and O–H groups in total. The number of hydrogen-bond donors (Lipinski definition) is 2. The summed E-state index contributed by atoms with van der Waals surface area (Å²) in [4.78, 5) is 12.8. The summed E-state index contributed by atoms with van der Waals surface area (Å²) in [5.74, 6) is 0.721. The molecule has 5 nitrogen and oxygen atoms in total. The van der Waals surface area contributed by atoms with Gasteiger partial charge in [-0.05, 0) is 79.8 Å². The molecule has 5 rings (SSSR count). The molecule has 2 saturated carbocycles. The normalized spacial score (nSPS) is 47.0. The van der Waals surface area contributed by atoms with E-state index in [1.165, 1.54) is 5.57 Å². The fraction of sp³-hybridized carbons (Fsp3) is 0.750. The van der Waals surface area contributed by atoms with E-state index in [1.807, 2.05) is 6.92 Å². The Morgan fingerprint density at radius 2 is 1.94 bits per heavy atom. The number of allylic oxidation sites excluding steroid dienone is 3.